The Bertz CT molecular complexity index is 1160. The molecule has 1 atom stereocenters. The molecule has 198 valence electrons. The molecule has 37 heavy (non-hydrogen) atoms. The molecular formula is C27H32N2O8. The quantitative estimate of drug-likeness (QED) is 0.308. The summed E-state index contributed by atoms with van der Waals surface area (Å²) in [6.45, 7) is 3.54. The summed E-state index contributed by atoms with van der Waals surface area (Å²) in [6.07, 6.45) is 0. The maximum Gasteiger partial charge on any atom is 0.295 e. The van der Waals surface area contributed by atoms with E-state index in [4.69, 9.17) is 23.7 Å². The fourth-order valence-corrected chi connectivity index (χ4v) is 4.72. The van der Waals surface area contributed by atoms with Gasteiger partial charge in [0.15, 0.2) is 11.5 Å². The smallest absolute Gasteiger partial charge is 0.295 e. The summed E-state index contributed by atoms with van der Waals surface area (Å²) in [5.74, 6) is -0.0990. The summed E-state index contributed by atoms with van der Waals surface area (Å²) in [4.78, 5) is 30.4. The van der Waals surface area contributed by atoms with Crippen molar-refractivity contribution in [3.8, 4) is 23.0 Å². The molecule has 4 rings (SSSR count). The average Bonchev–Trinajstić information content (AvgIpc) is 3.20. The summed E-state index contributed by atoms with van der Waals surface area (Å²) in [7, 11) is 6.00. The van der Waals surface area contributed by atoms with Crippen LogP contribution in [-0.4, -0.2) is 94.4 Å². The zero-order valence-electron chi connectivity index (χ0n) is 21.5. The molecule has 2 aromatic rings. The van der Waals surface area contributed by atoms with Crippen molar-refractivity contribution in [1.29, 1.82) is 0 Å². The second kappa shape index (κ2) is 11.5. The molecular weight excluding hydrogens is 480 g/mol. The van der Waals surface area contributed by atoms with Gasteiger partial charge in [0.25, 0.3) is 11.7 Å². The number of carbonyl (C=O) groups excluding carboxylic acids is 2. The van der Waals surface area contributed by atoms with Crippen LogP contribution in [0.15, 0.2) is 42.0 Å². The number of methoxy groups -OCH3 is 4. The molecule has 0 saturated carbocycles. The van der Waals surface area contributed by atoms with E-state index in [1.807, 2.05) is 0 Å². The first-order chi connectivity index (χ1) is 17.9. The summed E-state index contributed by atoms with van der Waals surface area (Å²) in [5.41, 5.74) is 0.887. The molecule has 1 unspecified atom stereocenters. The van der Waals surface area contributed by atoms with E-state index < -0.39 is 17.7 Å². The summed E-state index contributed by atoms with van der Waals surface area (Å²) in [5, 5.41) is 11.4. The van der Waals surface area contributed by atoms with Crippen molar-refractivity contribution in [2.24, 2.45) is 0 Å². The van der Waals surface area contributed by atoms with Crippen LogP contribution < -0.4 is 18.9 Å². The molecule has 2 heterocycles. The lowest BCUT2D eigenvalue weighted by Crippen LogP contribution is -2.42. The third kappa shape index (κ3) is 5.21. The number of Topliss-reactive ketones (excluding diaryl/α,β-unsaturated/α-hetero) is 1. The van der Waals surface area contributed by atoms with Gasteiger partial charge in [-0.3, -0.25) is 14.5 Å². The van der Waals surface area contributed by atoms with E-state index in [1.54, 1.807) is 36.4 Å². The molecule has 0 bridgehead atoms. The van der Waals surface area contributed by atoms with Gasteiger partial charge in [-0.15, -0.1) is 0 Å². The normalized spacial score (nSPS) is 19.7. The molecule has 10 nitrogen and oxygen atoms in total. The lowest BCUT2D eigenvalue weighted by atomic mass is 9.94. The second-order valence-corrected chi connectivity index (χ2v) is 8.64. The van der Waals surface area contributed by atoms with Gasteiger partial charge in [-0.25, -0.2) is 0 Å². The topological polar surface area (TPSA) is 107 Å². The second-order valence-electron chi connectivity index (χ2n) is 8.64. The third-order valence-corrected chi connectivity index (χ3v) is 6.65. The zero-order chi connectivity index (χ0) is 26.5. The first kappa shape index (κ1) is 26.3. The van der Waals surface area contributed by atoms with Gasteiger partial charge in [0.05, 0.1) is 53.3 Å². The number of carbonyl (C=O) groups is 2. The summed E-state index contributed by atoms with van der Waals surface area (Å²) >= 11 is 0. The lowest BCUT2D eigenvalue weighted by molar-refractivity contribution is -0.140. The van der Waals surface area contributed by atoms with Crippen molar-refractivity contribution in [2.45, 2.75) is 6.04 Å². The first-order valence-corrected chi connectivity index (χ1v) is 12.0. The standard InChI is InChI=1S/C27H32N2O8/c1-33-19-7-5-6-17(14-19)24(30)22-23(18-15-20(34-2)26(36-4)21(16-18)35-3)29(27(32)25(22)31)9-8-28-10-12-37-13-11-28/h5-7,14-16,23,30H,8-13H2,1-4H3/b24-22+. The maximum atomic E-state index is 13.4. The Morgan fingerprint density at radius 1 is 0.946 bits per heavy atom. The largest absolute Gasteiger partial charge is 0.507 e. The number of ketones is 1. The average molecular weight is 513 g/mol. The van der Waals surface area contributed by atoms with Crippen molar-refractivity contribution < 1.29 is 38.4 Å². The van der Waals surface area contributed by atoms with Gasteiger partial charge in [0.2, 0.25) is 5.75 Å². The number of hydrogen-bond donors (Lipinski definition) is 1. The van der Waals surface area contributed by atoms with E-state index in [-0.39, 0.29) is 17.9 Å². The predicted molar refractivity (Wildman–Crippen MR) is 135 cm³/mol. The van der Waals surface area contributed by atoms with Crippen molar-refractivity contribution in [3.63, 3.8) is 0 Å². The van der Waals surface area contributed by atoms with Crippen LogP contribution in [0.25, 0.3) is 5.76 Å². The van der Waals surface area contributed by atoms with Crippen LogP contribution in [0.5, 0.6) is 23.0 Å². The molecule has 0 spiro atoms. The highest BCUT2D eigenvalue weighted by molar-refractivity contribution is 6.46. The minimum Gasteiger partial charge on any atom is -0.507 e. The Hall–Kier alpha value is -3.76. The Balaban J connectivity index is 1.84. The lowest BCUT2D eigenvalue weighted by Gasteiger charge is -2.31. The van der Waals surface area contributed by atoms with E-state index in [0.717, 1.165) is 13.1 Å². The molecule has 1 N–H and O–H groups in total. The molecule has 2 aliphatic rings. The molecule has 2 aromatic carbocycles. The molecule has 2 aliphatic heterocycles. The highest BCUT2D eigenvalue weighted by atomic mass is 16.5. The number of morpholine rings is 1. The van der Waals surface area contributed by atoms with Gasteiger partial charge in [0, 0.05) is 31.7 Å². The van der Waals surface area contributed by atoms with Crippen molar-refractivity contribution >= 4 is 17.4 Å². The van der Waals surface area contributed by atoms with Crippen molar-refractivity contribution in [3.05, 3.63) is 53.1 Å². The minimum atomic E-state index is -0.874. The number of likely N-dealkylation sites (tertiary alicyclic amines) is 1. The van der Waals surface area contributed by atoms with Gasteiger partial charge in [-0.2, -0.15) is 0 Å². The number of aliphatic hydroxyl groups excluding tert-OH is 1. The Morgan fingerprint density at radius 3 is 2.22 bits per heavy atom. The zero-order valence-corrected chi connectivity index (χ0v) is 21.5. The minimum absolute atomic E-state index is 0.0190. The molecule has 10 heteroatoms. The van der Waals surface area contributed by atoms with E-state index in [9.17, 15) is 14.7 Å². The number of aliphatic hydroxyl groups is 1. The SMILES string of the molecule is COc1cccc(/C(O)=C2\C(=O)C(=O)N(CCN3CCOCC3)C2c2cc(OC)c(OC)c(OC)c2)c1. The van der Waals surface area contributed by atoms with Crippen LogP contribution in [0.4, 0.5) is 0 Å². The van der Waals surface area contributed by atoms with Gasteiger partial charge < -0.3 is 33.7 Å². The molecule has 2 fully saturated rings. The highest BCUT2D eigenvalue weighted by Gasteiger charge is 2.46. The van der Waals surface area contributed by atoms with Crippen molar-refractivity contribution in [2.75, 3.05) is 67.8 Å². The number of amides is 1. The summed E-state index contributed by atoms with van der Waals surface area (Å²) < 4.78 is 27.2. The van der Waals surface area contributed by atoms with Crippen LogP contribution in [0.2, 0.25) is 0 Å². The first-order valence-electron chi connectivity index (χ1n) is 12.0. The van der Waals surface area contributed by atoms with E-state index in [0.29, 0.717) is 53.9 Å². The number of rotatable bonds is 9. The van der Waals surface area contributed by atoms with Crippen LogP contribution >= 0.6 is 0 Å². The Kier molecular flexibility index (Phi) is 8.20. The molecule has 0 aromatic heterocycles. The molecule has 0 aliphatic carbocycles. The van der Waals surface area contributed by atoms with Crippen LogP contribution in [-0.2, 0) is 14.3 Å². The predicted octanol–water partition coefficient (Wildman–Crippen LogP) is 2.47. The fraction of sp³-hybridized carbons (Fsp3) is 0.407. The Labute approximate surface area is 215 Å². The maximum absolute atomic E-state index is 13.4. The van der Waals surface area contributed by atoms with E-state index in [1.165, 1.54) is 33.3 Å². The van der Waals surface area contributed by atoms with Crippen LogP contribution in [0.3, 0.4) is 0 Å². The van der Waals surface area contributed by atoms with Gasteiger partial charge in [-0.05, 0) is 29.8 Å². The van der Waals surface area contributed by atoms with Gasteiger partial charge in [0.1, 0.15) is 11.5 Å². The number of benzene rings is 2. The van der Waals surface area contributed by atoms with E-state index in [2.05, 4.69) is 4.90 Å². The fourth-order valence-electron chi connectivity index (χ4n) is 4.72. The number of ether oxygens (including phenoxy) is 5. The van der Waals surface area contributed by atoms with Crippen LogP contribution in [0, 0.1) is 0 Å². The highest BCUT2D eigenvalue weighted by Crippen LogP contribution is 2.45. The van der Waals surface area contributed by atoms with E-state index >= 15 is 0 Å². The third-order valence-electron chi connectivity index (χ3n) is 6.65. The molecule has 1 amide bonds. The molecule has 2 saturated heterocycles. The Morgan fingerprint density at radius 2 is 1.62 bits per heavy atom. The van der Waals surface area contributed by atoms with Crippen LogP contribution in [0.1, 0.15) is 17.2 Å². The molecule has 0 radical (unpaired) electrons. The number of hydrogen-bond acceptors (Lipinski definition) is 9. The summed E-state index contributed by atoms with van der Waals surface area (Å²) in [6, 6.07) is 9.22. The van der Waals surface area contributed by atoms with Gasteiger partial charge >= 0.3 is 0 Å². The number of nitrogens with zero attached hydrogens (tertiary/aromatic N) is 2. The van der Waals surface area contributed by atoms with Crippen molar-refractivity contribution in [1.82, 2.24) is 9.80 Å². The monoisotopic (exact) mass is 512 g/mol. The van der Waals surface area contributed by atoms with Gasteiger partial charge in [-0.1, -0.05) is 12.1 Å².